The van der Waals surface area contributed by atoms with Gasteiger partial charge in [-0.15, -0.1) is 0 Å². The molecule has 0 unspecified atom stereocenters. The molecule has 2 aliphatic rings. The zero-order valence-electron chi connectivity index (χ0n) is 23.1. The number of aliphatic carboxylic acids is 2. The van der Waals surface area contributed by atoms with Gasteiger partial charge >= 0.3 is 11.9 Å². The second-order valence-electron chi connectivity index (χ2n) is 10.3. The van der Waals surface area contributed by atoms with Crippen LogP contribution in [0.1, 0.15) is 36.0 Å². The molecule has 3 aromatic rings. The van der Waals surface area contributed by atoms with Gasteiger partial charge in [0, 0.05) is 43.0 Å². The number of aryl methyl sites for hydroxylation is 2. The first kappa shape index (κ1) is 29.7. The summed E-state index contributed by atoms with van der Waals surface area (Å²) in [6.07, 6.45) is 1.27. The molecule has 0 radical (unpaired) electrons. The Labute approximate surface area is 237 Å². The van der Waals surface area contributed by atoms with Crippen LogP contribution < -0.4 is 5.32 Å². The molecule has 2 aliphatic heterocycles. The van der Waals surface area contributed by atoms with Gasteiger partial charge in [-0.3, -0.25) is 14.5 Å². The third-order valence-corrected chi connectivity index (χ3v) is 7.18. The van der Waals surface area contributed by atoms with E-state index in [1.807, 2.05) is 12.1 Å². The number of carboxylic acids is 2. The number of piperazine rings is 1. The Hall–Kier alpha value is -4.31. The number of nitrogens with one attached hydrogen (secondary N) is 1. The van der Waals surface area contributed by atoms with E-state index in [9.17, 15) is 18.4 Å². The number of hydrogen-bond acceptors (Lipinski definition) is 6. The van der Waals surface area contributed by atoms with Crippen LogP contribution in [-0.4, -0.2) is 70.5 Å². The Balaban J connectivity index is 0.000000426. The Morgan fingerprint density at radius 1 is 0.927 bits per heavy atom. The molecule has 1 fully saturated rings. The molecule has 3 aromatic carbocycles. The van der Waals surface area contributed by atoms with Gasteiger partial charge in [0.2, 0.25) is 0 Å². The summed E-state index contributed by atoms with van der Waals surface area (Å²) in [6, 6.07) is 18.1. The molecule has 8 nitrogen and oxygen atoms in total. The molecule has 10 heteroatoms. The molecule has 0 spiro atoms. The molecule has 216 valence electrons. The molecule has 0 saturated carbocycles. The van der Waals surface area contributed by atoms with E-state index in [1.54, 1.807) is 6.07 Å². The number of rotatable bonds is 6. The number of likely N-dealkylation sites (N-methyl/N-ethyl adjacent to an activating group) is 1. The fourth-order valence-electron chi connectivity index (χ4n) is 4.86. The quantitative estimate of drug-likeness (QED) is 0.358. The maximum absolute atomic E-state index is 14.0. The lowest BCUT2D eigenvalue weighted by molar-refractivity contribution is -0.143. The number of amidine groups is 1. The molecular weight excluding hydrogens is 530 g/mol. The maximum Gasteiger partial charge on any atom is 0.303 e. The van der Waals surface area contributed by atoms with Crippen molar-refractivity contribution in [3.63, 3.8) is 0 Å². The number of aliphatic imine (C=N–C) groups is 1. The molecule has 2 heterocycles. The lowest BCUT2D eigenvalue weighted by Crippen LogP contribution is -2.53. The fraction of sp³-hybridized carbons (Fsp3) is 0.323. The van der Waals surface area contributed by atoms with Gasteiger partial charge in [0.25, 0.3) is 0 Å². The van der Waals surface area contributed by atoms with Crippen molar-refractivity contribution in [3.05, 3.63) is 89.0 Å². The molecular formula is C31H34F2N4O4. The van der Waals surface area contributed by atoms with Gasteiger partial charge in [-0.1, -0.05) is 23.8 Å². The zero-order valence-corrected chi connectivity index (χ0v) is 23.1. The third kappa shape index (κ3) is 8.11. The zero-order chi connectivity index (χ0) is 29.5. The summed E-state index contributed by atoms with van der Waals surface area (Å²) in [7, 11) is 2.16. The van der Waals surface area contributed by atoms with Gasteiger partial charge in [0.05, 0.1) is 24.2 Å². The molecule has 1 saturated heterocycles. The minimum absolute atomic E-state index is 0.203. The van der Waals surface area contributed by atoms with E-state index in [0.717, 1.165) is 66.4 Å². The molecule has 41 heavy (non-hydrogen) atoms. The second-order valence-corrected chi connectivity index (χ2v) is 10.3. The topological polar surface area (TPSA) is 105 Å². The lowest BCUT2D eigenvalue weighted by atomic mass is 10.0. The third-order valence-electron chi connectivity index (χ3n) is 7.18. The monoisotopic (exact) mass is 564 g/mol. The Morgan fingerprint density at radius 2 is 1.59 bits per heavy atom. The number of halogens is 2. The molecule has 1 atom stereocenters. The highest BCUT2D eigenvalue weighted by Crippen LogP contribution is 2.36. The van der Waals surface area contributed by atoms with Crippen LogP contribution in [0.15, 0.2) is 65.7 Å². The van der Waals surface area contributed by atoms with E-state index in [2.05, 4.69) is 47.3 Å². The predicted molar refractivity (Wildman–Crippen MR) is 154 cm³/mol. The van der Waals surface area contributed by atoms with E-state index in [1.165, 1.54) is 24.3 Å². The number of anilines is 2. The minimum atomic E-state index is -1.08. The summed E-state index contributed by atoms with van der Waals surface area (Å²) in [4.78, 5) is 29.0. The van der Waals surface area contributed by atoms with Crippen molar-refractivity contribution in [3.8, 4) is 0 Å². The van der Waals surface area contributed by atoms with Crippen LogP contribution in [0.4, 0.5) is 25.8 Å². The second kappa shape index (κ2) is 13.4. The van der Waals surface area contributed by atoms with E-state index < -0.39 is 11.9 Å². The lowest BCUT2D eigenvalue weighted by Gasteiger charge is -2.41. The molecule has 0 amide bonds. The first-order valence-corrected chi connectivity index (χ1v) is 13.5. The highest BCUT2D eigenvalue weighted by molar-refractivity contribution is 6.08. The van der Waals surface area contributed by atoms with Crippen LogP contribution in [0.5, 0.6) is 0 Å². The van der Waals surface area contributed by atoms with E-state index in [0.29, 0.717) is 11.7 Å². The van der Waals surface area contributed by atoms with E-state index in [4.69, 9.17) is 15.2 Å². The molecule has 5 rings (SSSR count). The van der Waals surface area contributed by atoms with Gasteiger partial charge in [-0.05, 0) is 68.8 Å². The Kier molecular flexibility index (Phi) is 9.67. The van der Waals surface area contributed by atoms with Crippen molar-refractivity contribution in [2.75, 3.05) is 32.0 Å². The first-order valence-electron chi connectivity index (χ1n) is 13.5. The van der Waals surface area contributed by atoms with Crippen LogP contribution in [0.25, 0.3) is 0 Å². The average Bonchev–Trinajstić information content (AvgIpc) is 3.09. The van der Waals surface area contributed by atoms with Crippen LogP contribution in [0.2, 0.25) is 0 Å². The fourth-order valence-corrected chi connectivity index (χ4v) is 4.86. The smallest absolute Gasteiger partial charge is 0.303 e. The summed E-state index contributed by atoms with van der Waals surface area (Å²) in [5.74, 6) is -1.77. The van der Waals surface area contributed by atoms with Crippen molar-refractivity contribution in [2.45, 2.75) is 38.6 Å². The van der Waals surface area contributed by atoms with Crippen LogP contribution in [0, 0.1) is 18.6 Å². The summed E-state index contributed by atoms with van der Waals surface area (Å²) in [5, 5.41) is 19.2. The van der Waals surface area contributed by atoms with Crippen molar-refractivity contribution >= 4 is 34.8 Å². The van der Waals surface area contributed by atoms with Gasteiger partial charge < -0.3 is 20.4 Å². The minimum Gasteiger partial charge on any atom is -0.481 e. The Morgan fingerprint density at radius 3 is 2.27 bits per heavy atom. The number of nitrogens with zero attached hydrogens (tertiary/aromatic N) is 3. The molecule has 3 N–H and O–H groups in total. The van der Waals surface area contributed by atoms with Crippen LogP contribution in [0.3, 0.4) is 0 Å². The summed E-state index contributed by atoms with van der Waals surface area (Å²) in [6.45, 7) is 4.66. The number of carbonyl (C=O) groups is 2. The van der Waals surface area contributed by atoms with Crippen molar-refractivity contribution < 1.29 is 28.6 Å². The number of hydrogen-bond donors (Lipinski definition) is 3. The molecule has 0 aromatic heterocycles. The average molecular weight is 565 g/mol. The molecule has 0 bridgehead atoms. The number of fused-ring (bicyclic) bond motifs is 2. The largest absolute Gasteiger partial charge is 0.481 e. The number of benzene rings is 3. The first-order chi connectivity index (χ1) is 19.6. The van der Waals surface area contributed by atoms with Crippen LogP contribution >= 0.6 is 0 Å². The van der Waals surface area contributed by atoms with Gasteiger partial charge in [-0.25, -0.2) is 13.8 Å². The summed E-state index contributed by atoms with van der Waals surface area (Å²) >= 11 is 0. The van der Waals surface area contributed by atoms with Crippen molar-refractivity contribution in [1.82, 2.24) is 9.80 Å². The van der Waals surface area contributed by atoms with Crippen molar-refractivity contribution in [1.29, 1.82) is 0 Å². The number of carboxylic acid groups (broad SMARTS) is 2. The highest BCUT2D eigenvalue weighted by Gasteiger charge is 2.29. The highest BCUT2D eigenvalue weighted by atomic mass is 19.1. The maximum atomic E-state index is 14.0. The SMILES string of the molecule is Cc1ccc2c(c1)C(N1CCN(C)[C@@H](CCc3ccc(F)cc3)C1)=Nc1cc(F)ccc1N2.O=C(O)CCC(=O)O. The molecule has 0 aliphatic carbocycles. The normalized spacial score (nSPS) is 16.2. The van der Waals surface area contributed by atoms with Gasteiger partial charge in [0.1, 0.15) is 17.5 Å². The van der Waals surface area contributed by atoms with Crippen LogP contribution in [-0.2, 0) is 16.0 Å². The van der Waals surface area contributed by atoms with E-state index >= 15 is 0 Å². The van der Waals surface area contributed by atoms with Gasteiger partial charge in [0.15, 0.2) is 0 Å². The van der Waals surface area contributed by atoms with Crippen molar-refractivity contribution in [2.24, 2.45) is 4.99 Å². The Bertz CT molecular complexity index is 1410. The standard InChI is InChI=1S/C27H28F2N4.C4H6O4/c1-18-3-11-24-23(15-18)27(31-26-16-21(29)9-12-25(26)30-24)33-14-13-32(2)22(17-33)10-6-19-4-7-20(28)8-5-19;5-3(6)1-2-4(7)8/h3-5,7-9,11-12,15-16,22,30H,6,10,13-14,17H2,1-2H3;1-2H2,(H,5,6)(H,7,8)/t22-;/m0./s1. The summed E-state index contributed by atoms with van der Waals surface area (Å²) in [5.41, 5.74) is 5.73. The summed E-state index contributed by atoms with van der Waals surface area (Å²) < 4.78 is 27.3. The van der Waals surface area contributed by atoms with Gasteiger partial charge in [-0.2, -0.15) is 0 Å². The van der Waals surface area contributed by atoms with E-state index in [-0.39, 0.29) is 24.5 Å². The predicted octanol–water partition coefficient (Wildman–Crippen LogP) is 5.59.